The number of primary sulfonamides is 1. The smallest absolute Gasteiger partial charge is 0.238 e. The standard InChI is InChI=1S/C18H21N3O4S/c19-18(22)17-11-13-3-1-2-4-14(13)12-21(17)9-10-25-15-5-7-16(8-6-15)26(20,23)24/h1-8,17H,9-12H2,(H2,19,22)(H2,20,23,24)/t17-/m0/s1. The van der Waals surface area contributed by atoms with Gasteiger partial charge in [0.25, 0.3) is 0 Å². The number of carbonyl (C=O) groups excluding carboxylic acids is 1. The first kappa shape index (κ1) is 18.4. The van der Waals surface area contributed by atoms with Crippen LogP contribution in [0.4, 0.5) is 0 Å². The molecule has 1 amide bonds. The van der Waals surface area contributed by atoms with E-state index in [4.69, 9.17) is 15.6 Å². The first-order valence-corrected chi connectivity index (χ1v) is 9.75. The lowest BCUT2D eigenvalue weighted by atomic mass is 9.93. The summed E-state index contributed by atoms with van der Waals surface area (Å²) >= 11 is 0. The highest BCUT2D eigenvalue weighted by Gasteiger charge is 2.29. The van der Waals surface area contributed by atoms with Crippen molar-refractivity contribution in [1.82, 2.24) is 4.90 Å². The second-order valence-corrected chi connectivity index (χ2v) is 7.79. The average molecular weight is 375 g/mol. The van der Waals surface area contributed by atoms with Gasteiger partial charge in [-0.15, -0.1) is 0 Å². The predicted molar refractivity (Wildman–Crippen MR) is 96.8 cm³/mol. The first-order chi connectivity index (χ1) is 12.3. The molecular formula is C18H21N3O4S. The Kier molecular flexibility index (Phi) is 5.26. The lowest BCUT2D eigenvalue weighted by molar-refractivity contribution is -0.123. The van der Waals surface area contributed by atoms with Gasteiger partial charge < -0.3 is 10.5 Å². The molecule has 7 nitrogen and oxygen atoms in total. The van der Waals surface area contributed by atoms with Crippen LogP contribution in [0, 0.1) is 0 Å². The monoisotopic (exact) mass is 375 g/mol. The van der Waals surface area contributed by atoms with Crippen molar-refractivity contribution in [2.24, 2.45) is 10.9 Å². The largest absolute Gasteiger partial charge is 0.492 e. The average Bonchev–Trinajstić information content (AvgIpc) is 2.60. The Bertz CT molecular complexity index is 897. The Morgan fingerprint density at radius 1 is 1.12 bits per heavy atom. The molecule has 0 fully saturated rings. The van der Waals surface area contributed by atoms with Crippen LogP contribution in [0.25, 0.3) is 0 Å². The van der Waals surface area contributed by atoms with Gasteiger partial charge in [-0.3, -0.25) is 9.69 Å². The van der Waals surface area contributed by atoms with Gasteiger partial charge in [-0.05, 0) is 41.8 Å². The summed E-state index contributed by atoms with van der Waals surface area (Å²) in [6.07, 6.45) is 0.592. The Morgan fingerprint density at radius 3 is 2.38 bits per heavy atom. The SMILES string of the molecule is NC(=O)[C@@H]1Cc2ccccc2CN1CCOc1ccc(S(N)(=O)=O)cc1. The van der Waals surface area contributed by atoms with Gasteiger partial charge in [0.15, 0.2) is 0 Å². The molecule has 0 unspecified atom stereocenters. The number of hydrogen-bond acceptors (Lipinski definition) is 5. The zero-order valence-corrected chi connectivity index (χ0v) is 15.0. The van der Waals surface area contributed by atoms with Gasteiger partial charge in [0, 0.05) is 13.1 Å². The van der Waals surface area contributed by atoms with Gasteiger partial charge in [-0.1, -0.05) is 24.3 Å². The molecule has 2 aromatic rings. The van der Waals surface area contributed by atoms with E-state index < -0.39 is 10.0 Å². The lowest BCUT2D eigenvalue weighted by Crippen LogP contribution is -2.49. The molecule has 1 aliphatic rings. The molecule has 26 heavy (non-hydrogen) atoms. The quantitative estimate of drug-likeness (QED) is 0.768. The molecule has 1 atom stereocenters. The minimum atomic E-state index is -3.72. The van der Waals surface area contributed by atoms with Crippen LogP contribution in [-0.4, -0.2) is 38.4 Å². The number of benzene rings is 2. The number of rotatable bonds is 6. The van der Waals surface area contributed by atoms with Crippen LogP contribution in [-0.2, 0) is 27.8 Å². The number of ether oxygens (including phenoxy) is 1. The molecule has 1 heterocycles. The normalized spacial score (nSPS) is 17.5. The summed E-state index contributed by atoms with van der Waals surface area (Å²) in [4.78, 5) is 13.8. The molecule has 0 saturated heterocycles. The maximum atomic E-state index is 11.8. The highest BCUT2D eigenvalue weighted by molar-refractivity contribution is 7.89. The van der Waals surface area contributed by atoms with Crippen LogP contribution in [0.15, 0.2) is 53.4 Å². The number of sulfonamides is 1. The van der Waals surface area contributed by atoms with E-state index >= 15 is 0 Å². The zero-order valence-electron chi connectivity index (χ0n) is 14.2. The van der Waals surface area contributed by atoms with Crippen LogP contribution in [0.3, 0.4) is 0 Å². The Hall–Kier alpha value is -2.42. The fourth-order valence-corrected chi connectivity index (χ4v) is 3.61. The van der Waals surface area contributed by atoms with Crippen LogP contribution < -0.4 is 15.6 Å². The summed E-state index contributed by atoms with van der Waals surface area (Å²) < 4.78 is 28.2. The van der Waals surface area contributed by atoms with Crippen LogP contribution in [0.2, 0.25) is 0 Å². The summed E-state index contributed by atoms with van der Waals surface area (Å²) in [6, 6.07) is 13.5. The van der Waals surface area contributed by atoms with Crippen molar-refractivity contribution in [1.29, 1.82) is 0 Å². The van der Waals surface area contributed by atoms with E-state index in [-0.39, 0.29) is 16.8 Å². The van der Waals surface area contributed by atoms with E-state index in [9.17, 15) is 13.2 Å². The van der Waals surface area contributed by atoms with E-state index in [1.54, 1.807) is 12.1 Å². The van der Waals surface area contributed by atoms with E-state index in [2.05, 4.69) is 0 Å². The minimum Gasteiger partial charge on any atom is -0.492 e. The van der Waals surface area contributed by atoms with E-state index in [0.717, 1.165) is 5.56 Å². The van der Waals surface area contributed by atoms with Crippen molar-refractivity contribution in [2.75, 3.05) is 13.2 Å². The third-order valence-electron chi connectivity index (χ3n) is 4.47. The number of fused-ring (bicyclic) bond motifs is 1. The fraction of sp³-hybridized carbons (Fsp3) is 0.278. The Morgan fingerprint density at radius 2 is 1.77 bits per heavy atom. The highest BCUT2D eigenvalue weighted by Crippen LogP contribution is 2.23. The molecule has 0 aromatic heterocycles. The molecule has 2 aromatic carbocycles. The van der Waals surface area contributed by atoms with E-state index in [1.807, 2.05) is 29.2 Å². The van der Waals surface area contributed by atoms with Gasteiger partial charge in [0.2, 0.25) is 15.9 Å². The second kappa shape index (κ2) is 7.45. The topological polar surface area (TPSA) is 116 Å². The van der Waals surface area contributed by atoms with Gasteiger partial charge in [-0.2, -0.15) is 0 Å². The van der Waals surface area contributed by atoms with Crippen molar-refractivity contribution in [3.8, 4) is 5.75 Å². The van der Waals surface area contributed by atoms with Crippen LogP contribution >= 0.6 is 0 Å². The second-order valence-electron chi connectivity index (χ2n) is 6.23. The summed E-state index contributed by atoms with van der Waals surface area (Å²) in [6.45, 7) is 1.51. The van der Waals surface area contributed by atoms with Crippen LogP contribution in [0.1, 0.15) is 11.1 Å². The number of primary amides is 1. The van der Waals surface area contributed by atoms with Gasteiger partial charge >= 0.3 is 0 Å². The first-order valence-electron chi connectivity index (χ1n) is 8.20. The highest BCUT2D eigenvalue weighted by atomic mass is 32.2. The van der Waals surface area contributed by atoms with E-state index in [0.29, 0.717) is 31.9 Å². The molecular weight excluding hydrogens is 354 g/mol. The van der Waals surface area contributed by atoms with Crippen molar-refractivity contribution < 1.29 is 17.9 Å². The summed E-state index contributed by atoms with van der Waals surface area (Å²) in [7, 11) is -3.72. The van der Waals surface area contributed by atoms with Crippen LogP contribution in [0.5, 0.6) is 5.75 Å². The molecule has 4 N–H and O–H groups in total. The number of nitrogens with two attached hydrogens (primary N) is 2. The molecule has 8 heteroatoms. The maximum absolute atomic E-state index is 11.8. The summed E-state index contributed by atoms with van der Waals surface area (Å²) in [5.74, 6) is 0.183. The number of carbonyl (C=O) groups is 1. The Labute approximate surface area is 152 Å². The van der Waals surface area contributed by atoms with Crippen molar-refractivity contribution in [2.45, 2.75) is 23.9 Å². The molecule has 0 spiro atoms. The molecule has 0 aliphatic carbocycles. The predicted octanol–water partition coefficient (Wildman–Crippen LogP) is 0.625. The van der Waals surface area contributed by atoms with Crippen molar-refractivity contribution in [3.05, 3.63) is 59.7 Å². The molecule has 0 radical (unpaired) electrons. The molecule has 0 saturated carbocycles. The van der Waals surface area contributed by atoms with Crippen molar-refractivity contribution >= 4 is 15.9 Å². The molecule has 3 rings (SSSR count). The summed E-state index contributed by atoms with van der Waals surface area (Å²) in [5.41, 5.74) is 7.89. The third kappa shape index (κ3) is 4.21. The van der Waals surface area contributed by atoms with Gasteiger partial charge in [-0.25, -0.2) is 13.6 Å². The number of hydrogen-bond donors (Lipinski definition) is 2. The van der Waals surface area contributed by atoms with Gasteiger partial charge in [0.1, 0.15) is 12.4 Å². The zero-order chi connectivity index (χ0) is 18.7. The van der Waals surface area contributed by atoms with Gasteiger partial charge in [0.05, 0.1) is 10.9 Å². The fourth-order valence-electron chi connectivity index (χ4n) is 3.10. The minimum absolute atomic E-state index is 0.0336. The number of amides is 1. The maximum Gasteiger partial charge on any atom is 0.238 e. The third-order valence-corrected chi connectivity index (χ3v) is 5.40. The molecule has 1 aliphatic heterocycles. The molecule has 0 bridgehead atoms. The number of nitrogens with zero attached hydrogens (tertiary/aromatic N) is 1. The van der Waals surface area contributed by atoms with Crippen molar-refractivity contribution in [3.63, 3.8) is 0 Å². The lowest BCUT2D eigenvalue weighted by Gasteiger charge is -2.34. The summed E-state index contributed by atoms with van der Waals surface area (Å²) in [5, 5.41) is 5.07. The van der Waals surface area contributed by atoms with E-state index in [1.165, 1.54) is 17.7 Å². The Balaban J connectivity index is 1.62. The molecule has 138 valence electrons.